The van der Waals surface area contributed by atoms with E-state index in [4.69, 9.17) is 4.74 Å². The summed E-state index contributed by atoms with van der Waals surface area (Å²) in [4.78, 5) is 11.8. The van der Waals surface area contributed by atoms with Crippen LogP contribution in [0.15, 0.2) is 12.1 Å². The fraction of sp³-hybridized carbons (Fsp3) is 0.500. The average Bonchev–Trinajstić information content (AvgIpc) is 2.61. The van der Waals surface area contributed by atoms with E-state index in [0.717, 1.165) is 24.0 Å². The van der Waals surface area contributed by atoms with Crippen LogP contribution in [0.4, 0.5) is 0 Å². The van der Waals surface area contributed by atoms with Crippen molar-refractivity contribution in [3.05, 3.63) is 28.8 Å². The van der Waals surface area contributed by atoms with Crippen molar-refractivity contribution < 1.29 is 14.6 Å². The van der Waals surface area contributed by atoms with Gasteiger partial charge in [-0.2, -0.15) is 0 Å². The van der Waals surface area contributed by atoms with Gasteiger partial charge in [-0.3, -0.25) is 0 Å². The molecule has 1 aliphatic heterocycles. The Balaban J connectivity index is 2.17. The zero-order chi connectivity index (χ0) is 12.2. The Kier molecular flexibility index (Phi) is 2.18. The van der Waals surface area contributed by atoms with Gasteiger partial charge in [0.1, 0.15) is 11.9 Å². The highest BCUT2D eigenvalue weighted by Crippen LogP contribution is 2.48. The molecule has 17 heavy (non-hydrogen) atoms. The summed E-state index contributed by atoms with van der Waals surface area (Å²) < 4.78 is 5.49. The lowest BCUT2D eigenvalue weighted by Gasteiger charge is -2.32. The second-order valence-electron chi connectivity index (χ2n) is 5.30. The molecule has 2 aliphatic rings. The molecule has 0 unspecified atom stereocenters. The van der Waals surface area contributed by atoms with Crippen molar-refractivity contribution in [3.8, 4) is 5.75 Å². The van der Waals surface area contributed by atoms with Crippen molar-refractivity contribution >= 4 is 5.97 Å². The lowest BCUT2D eigenvalue weighted by Crippen LogP contribution is -2.24. The van der Waals surface area contributed by atoms with Gasteiger partial charge in [-0.1, -0.05) is 13.8 Å². The Labute approximate surface area is 100 Å². The monoisotopic (exact) mass is 232 g/mol. The Hall–Kier alpha value is -1.51. The number of esters is 1. The van der Waals surface area contributed by atoms with Gasteiger partial charge in [0.2, 0.25) is 0 Å². The van der Waals surface area contributed by atoms with Gasteiger partial charge in [0, 0.05) is 17.0 Å². The van der Waals surface area contributed by atoms with E-state index in [9.17, 15) is 9.90 Å². The van der Waals surface area contributed by atoms with Crippen molar-refractivity contribution in [1.82, 2.24) is 0 Å². The number of benzene rings is 1. The lowest BCUT2D eigenvalue weighted by molar-refractivity contribution is 0.0117. The quantitative estimate of drug-likeness (QED) is 0.757. The molecule has 0 spiro atoms. The molecule has 3 nitrogen and oxygen atoms in total. The van der Waals surface area contributed by atoms with Crippen LogP contribution in [-0.2, 0) is 11.2 Å². The number of rotatable bonds is 1. The Bertz CT molecular complexity index is 490. The highest BCUT2D eigenvalue weighted by Gasteiger charge is 2.43. The zero-order valence-corrected chi connectivity index (χ0v) is 10.1. The van der Waals surface area contributed by atoms with E-state index < -0.39 is 0 Å². The molecule has 1 heterocycles. The second-order valence-corrected chi connectivity index (χ2v) is 5.30. The number of hydrogen-bond donors (Lipinski definition) is 1. The van der Waals surface area contributed by atoms with Crippen LogP contribution < -0.4 is 0 Å². The number of phenols is 1. The van der Waals surface area contributed by atoms with Gasteiger partial charge in [0.05, 0.1) is 5.56 Å². The Morgan fingerprint density at radius 1 is 1.41 bits per heavy atom. The summed E-state index contributed by atoms with van der Waals surface area (Å²) in [5.41, 5.74) is 2.50. The number of carbonyl (C=O) groups is 1. The van der Waals surface area contributed by atoms with Crippen molar-refractivity contribution in [2.24, 2.45) is 11.8 Å². The fourth-order valence-corrected chi connectivity index (χ4v) is 3.10. The molecule has 0 saturated heterocycles. The predicted molar refractivity (Wildman–Crippen MR) is 62.9 cm³/mol. The summed E-state index contributed by atoms with van der Waals surface area (Å²) in [6.07, 6.45) is 1.67. The van der Waals surface area contributed by atoms with Crippen molar-refractivity contribution in [1.29, 1.82) is 0 Å². The van der Waals surface area contributed by atoms with Crippen molar-refractivity contribution in [2.75, 3.05) is 0 Å². The molecule has 0 saturated carbocycles. The van der Waals surface area contributed by atoms with Crippen LogP contribution in [-0.4, -0.2) is 11.1 Å². The average molecular weight is 232 g/mol. The fourth-order valence-electron chi connectivity index (χ4n) is 3.10. The van der Waals surface area contributed by atoms with Gasteiger partial charge in [-0.25, -0.2) is 4.79 Å². The number of hydrogen-bond acceptors (Lipinski definition) is 3. The van der Waals surface area contributed by atoms with Crippen LogP contribution >= 0.6 is 0 Å². The molecule has 3 rings (SSSR count). The van der Waals surface area contributed by atoms with Crippen LogP contribution in [0.25, 0.3) is 0 Å². The van der Waals surface area contributed by atoms with E-state index in [-0.39, 0.29) is 12.1 Å². The molecule has 1 aromatic carbocycles. The van der Waals surface area contributed by atoms with Crippen LogP contribution in [0, 0.1) is 11.8 Å². The summed E-state index contributed by atoms with van der Waals surface area (Å²) in [6.45, 7) is 4.31. The first-order chi connectivity index (χ1) is 8.09. The molecule has 1 aliphatic carbocycles. The molecule has 0 bridgehead atoms. The minimum atomic E-state index is -0.237. The third kappa shape index (κ3) is 1.38. The third-order valence-corrected chi connectivity index (χ3v) is 4.04. The maximum Gasteiger partial charge on any atom is 0.339 e. The second kappa shape index (κ2) is 3.49. The van der Waals surface area contributed by atoms with Gasteiger partial charge >= 0.3 is 5.97 Å². The highest BCUT2D eigenvalue weighted by molar-refractivity contribution is 5.95. The van der Waals surface area contributed by atoms with Crippen molar-refractivity contribution in [2.45, 2.75) is 32.8 Å². The van der Waals surface area contributed by atoms with E-state index in [2.05, 4.69) is 13.8 Å². The Morgan fingerprint density at radius 2 is 2.18 bits per heavy atom. The van der Waals surface area contributed by atoms with E-state index in [1.54, 1.807) is 12.1 Å². The maximum absolute atomic E-state index is 11.8. The predicted octanol–water partition coefficient (Wildman–Crippen LogP) is 2.82. The first kappa shape index (κ1) is 10.6. The van der Waals surface area contributed by atoms with Crippen LogP contribution in [0.5, 0.6) is 5.75 Å². The molecule has 1 N–H and O–H groups in total. The summed E-state index contributed by atoms with van der Waals surface area (Å²) in [6, 6.07) is 3.28. The van der Waals surface area contributed by atoms with Crippen LogP contribution in [0.1, 0.15) is 47.9 Å². The molecule has 2 atom stereocenters. The number of ether oxygens (including phenoxy) is 1. The molecule has 90 valence electrons. The zero-order valence-electron chi connectivity index (χ0n) is 10.1. The minimum Gasteiger partial charge on any atom is -0.508 e. The van der Waals surface area contributed by atoms with E-state index in [1.165, 1.54) is 0 Å². The molecule has 1 aromatic rings. The van der Waals surface area contributed by atoms with Gasteiger partial charge in [0.15, 0.2) is 0 Å². The minimum absolute atomic E-state index is 0.145. The van der Waals surface area contributed by atoms with Crippen LogP contribution in [0.2, 0.25) is 0 Å². The third-order valence-electron chi connectivity index (χ3n) is 4.04. The van der Waals surface area contributed by atoms with E-state index in [1.807, 2.05) is 0 Å². The summed E-state index contributed by atoms with van der Waals surface area (Å²) in [7, 11) is 0. The molecule has 0 radical (unpaired) electrons. The maximum atomic E-state index is 11.8. The number of aromatic hydroxyl groups is 1. The van der Waals surface area contributed by atoms with Gasteiger partial charge in [-0.15, -0.1) is 0 Å². The van der Waals surface area contributed by atoms with Crippen LogP contribution in [0.3, 0.4) is 0 Å². The smallest absolute Gasteiger partial charge is 0.339 e. The Morgan fingerprint density at radius 3 is 2.88 bits per heavy atom. The summed E-state index contributed by atoms with van der Waals surface area (Å²) in [5.74, 6) is 0.914. The molecular formula is C14H16O3. The van der Waals surface area contributed by atoms with Crippen molar-refractivity contribution in [3.63, 3.8) is 0 Å². The summed E-state index contributed by atoms with van der Waals surface area (Å²) in [5, 5.41) is 9.87. The van der Waals surface area contributed by atoms with Gasteiger partial charge in [-0.05, 0) is 30.9 Å². The normalized spacial score (nSPS) is 25.9. The van der Waals surface area contributed by atoms with E-state index in [0.29, 0.717) is 23.1 Å². The lowest BCUT2D eigenvalue weighted by atomic mass is 9.75. The molecule has 3 heteroatoms. The van der Waals surface area contributed by atoms with E-state index >= 15 is 0 Å². The first-order valence-corrected chi connectivity index (χ1v) is 6.15. The molecule has 0 amide bonds. The summed E-state index contributed by atoms with van der Waals surface area (Å²) >= 11 is 0. The standard InChI is InChI=1S/C14H16O3/c1-7(2)8-3-4-9-11(15)6-5-10-12(9)13(8)17-14(10)16/h5-8,13,15H,3-4H2,1-2H3/t8-,13-/m1/s1. The SMILES string of the molecule is CC(C)[C@H]1CCc2c(O)ccc3c2[C@@H]1OC3=O. The van der Waals surface area contributed by atoms with Gasteiger partial charge < -0.3 is 9.84 Å². The topological polar surface area (TPSA) is 46.5 Å². The number of phenolic OH excluding ortho intramolecular Hbond substituents is 1. The highest BCUT2D eigenvalue weighted by atomic mass is 16.5. The number of carbonyl (C=O) groups excluding carboxylic acids is 1. The molecular weight excluding hydrogens is 216 g/mol. The van der Waals surface area contributed by atoms with Gasteiger partial charge in [0.25, 0.3) is 0 Å². The molecule has 0 aromatic heterocycles. The molecule has 0 fully saturated rings. The first-order valence-electron chi connectivity index (χ1n) is 6.15. The largest absolute Gasteiger partial charge is 0.508 e.